The molecule has 0 aliphatic rings. The Morgan fingerprint density at radius 2 is 1.31 bits per heavy atom. The summed E-state index contributed by atoms with van der Waals surface area (Å²) < 4.78 is 11.2. The van der Waals surface area contributed by atoms with Gasteiger partial charge in [-0.25, -0.2) is 0 Å². The normalized spacial score (nSPS) is 11.6. The van der Waals surface area contributed by atoms with E-state index in [2.05, 4.69) is 32.6 Å². The molecular weight excluding hydrogens is 202 g/mol. The number of hydrogen-bond donors (Lipinski definition) is 0. The number of hydrogen-bond acceptors (Lipinski definition) is 3. The first-order valence-electron chi connectivity index (χ1n) is 6.61. The third-order valence-corrected chi connectivity index (χ3v) is 2.53. The second-order valence-electron chi connectivity index (χ2n) is 4.46. The van der Waals surface area contributed by atoms with Gasteiger partial charge in [-0.2, -0.15) is 0 Å². The average Bonchev–Trinajstić information content (AvgIpc) is 2.26. The molecule has 0 unspecified atom stereocenters. The molecule has 0 atom stereocenters. The zero-order chi connectivity index (χ0) is 12.2. The van der Waals surface area contributed by atoms with Gasteiger partial charge in [-0.1, -0.05) is 26.7 Å². The fraction of sp³-hybridized carbons (Fsp3) is 1.00. The molecule has 0 aromatic rings. The van der Waals surface area contributed by atoms with Gasteiger partial charge in [0.2, 0.25) is 0 Å². The van der Waals surface area contributed by atoms with Gasteiger partial charge in [0.1, 0.15) is 13.5 Å². The largest absolute Gasteiger partial charge is 0.366 e. The minimum atomic E-state index is 0.475. The third kappa shape index (κ3) is 9.13. The lowest BCUT2D eigenvalue weighted by Gasteiger charge is -2.25. The predicted octanol–water partition coefficient (Wildman–Crippen LogP) is 3.25. The van der Waals surface area contributed by atoms with Gasteiger partial charge in [0, 0.05) is 19.3 Å². The van der Waals surface area contributed by atoms with E-state index in [4.69, 9.17) is 9.47 Å². The minimum absolute atomic E-state index is 0.475. The summed E-state index contributed by atoms with van der Waals surface area (Å²) in [6, 6.07) is 0.475. The smallest absolute Gasteiger partial charge is 0.101 e. The van der Waals surface area contributed by atoms with Crippen molar-refractivity contribution in [2.75, 3.05) is 26.7 Å². The van der Waals surface area contributed by atoms with Crippen molar-refractivity contribution in [1.29, 1.82) is 0 Å². The molecule has 0 radical (unpaired) electrons. The molecule has 0 spiro atoms. The third-order valence-electron chi connectivity index (χ3n) is 2.53. The van der Waals surface area contributed by atoms with E-state index in [9.17, 15) is 0 Å². The molecule has 3 nitrogen and oxygen atoms in total. The molecule has 3 heteroatoms. The van der Waals surface area contributed by atoms with Crippen LogP contribution < -0.4 is 0 Å². The van der Waals surface area contributed by atoms with Crippen LogP contribution in [-0.2, 0) is 9.47 Å². The lowest BCUT2D eigenvalue weighted by molar-refractivity contribution is -0.0606. The summed E-state index contributed by atoms with van der Waals surface area (Å²) in [6.07, 6.45) is 4.66. The maximum atomic E-state index is 5.60. The Morgan fingerprint density at radius 3 is 1.62 bits per heavy atom. The maximum Gasteiger partial charge on any atom is 0.101 e. The van der Waals surface area contributed by atoms with Crippen molar-refractivity contribution in [3.8, 4) is 0 Å². The van der Waals surface area contributed by atoms with Crippen molar-refractivity contribution in [1.82, 2.24) is 4.90 Å². The standard InChI is InChI=1S/C13H29NO2/c1-5-7-9-15-11-14(13(3)4)12-16-10-8-6-2/h13H,5-12H2,1-4H3. The quantitative estimate of drug-likeness (QED) is 0.402. The van der Waals surface area contributed by atoms with Gasteiger partial charge < -0.3 is 9.47 Å². The minimum Gasteiger partial charge on any atom is -0.366 e. The molecular formula is C13H29NO2. The van der Waals surface area contributed by atoms with Gasteiger partial charge in [-0.05, 0) is 26.7 Å². The first kappa shape index (κ1) is 15.9. The van der Waals surface area contributed by atoms with E-state index in [1.54, 1.807) is 0 Å². The van der Waals surface area contributed by atoms with Gasteiger partial charge >= 0.3 is 0 Å². The Hall–Kier alpha value is -0.120. The van der Waals surface area contributed by atoms with Crippen molar-refractivity contribution < 1.29 is 9.47 Å². The van der Waals surface area contributed by atoms with Crippen LogP contribution in [0.4, 0.5) is 0 Å². The van der Waals surface area contributed by atoms with Crippen LogP contribution in [0.5, 0.6) is 0 Å². The SMILES string of the molecule is CCCCOCN(COCCCC)C(C)C. The van der Waals surface area contributed by atoms with Crippen molar-refractivity contribution in [2.45, 2.75) is 59.4 Å². The number of rotatable bonds is 11. The van der Waals surface area contributed by atoms with Crippen LogP contribution in [0.1, 0.15) is 53.4 Å². The van der Waals surface area contributed by atoms with E-state index in [1.165, 1.54) is 12.8 Å². The van der Waals surface area contributed by atoms with E-state index in [0.29, 0.717) is 19.5 Å². The highest BCUT2D eigenvalue weighted by atomic mass is 16.5. The lowest BCUT2D eigenvalue weighted by atomic mass is 10.3. The highest BCUT2D eigenvalue weighted by Crippen LogP contribution is 2.00. The van der Waals surface area contributed by atoms with Gasteiger partial charge in [0.25, 0.3) is 0 Å². The number of ether oxygens (including phenoxy) is 2. The summed E-state index contributed by atoms with van der Waals surface area (Å²) in [5.74, 6) is 0. The van der Waals surface area contributed by atoms with Crippen molar-refractivity contribution in [3.63, 3.8) is 0 Å². The van der Waals surface area contributed by atoms with Crippen LogP contribution in [0.25, 0.3) is 0 Å². The van der Waals surface area contributed by atoms with Crippen molar-refractivity contribution >= 4 is 0 Å². The van der Waals surface area contributed by atoms with E-state index < -0.39 is 0 Å². The zero-order valence-electron chi connectivity index (χ0n) is 11.5. The van der Waals surface area contributed by atoms with Crippen LogP contribution in [-0.4, -0.2) is 37.6 Å². The van der Waals surface area contributed by atoms with Crippen LogP contribution >= 0.6 is 0 Å². The second kappa shape index (κ2) is 11.4. The molecule has 0 amide bonds. The summed E-state index contributed by atoms with van der Waals surface area (Å²) in [5.41, 5.74) is 0. The zero-order valence-corrected chi connectivity index (χ0v) is 11.5. The number of unbranched alkanes of at least 4 members (excludes halogenated alkanes) is 2. The maximum absolute atomic E-state index is 5.60. The molecule has 0 saturated carbocycles. The summed E-state index contributed by atoms with van der Waals surface area (Å²) >= 11 is 0. The molecule has 0 fully saturated rings. The Kier molecular flexibility index (Phi) is 11.3. The van der Waals surface area contributed by atoms with Gasteiger partial charge in [0.05, 0.1) is 0 Å². The monoisotopic (exact) mass is 231 g/mol. The fourth-order valence-corrected chi connectivity index (χ4v) is 1.19. The molecule has 0 aliphatic heterocycles. The molecule has 0 aromatic heterocycles. The van der Waals surface area contributed by atoms with E-state index >= 15 is 0 Å². The fourth-order valence-electron chi connectivity index (χ4n) is 1.19. The molecule has 16 heavy (non-hydrogen) atoms. The van der Waals surface area contributed by atoms with Crippen LogP contribution in [0, 0.1) is 0 Å². The lowest BCUT2D eigenvalue weighted by Crippen LogP contribution is -2.35. The Balaban J connectivity index is 3.54. The first-order chi connectivity index (χ1) is 7.72. The summed E-state index contributed by atoms with van der Waals surface area (Å²) in [7, 11) is 0. The topological polar surface area (TPSA) is 21.7 Å². The molecule has 0 N–H and O–H groups in total. The number of nitrogens with zero attached hydrogens (tertiary/aromatic N) is 1. The van der Waals surface area contributed by atoms with E-state index in [-0.39, 0.29) is 0 Å². The van der Waals surface area contributed by atoms with Gasteiger partial charge in [-0.3, -0.25) is 4.90 Å². The van der Waals surface area contributed by atoms with Crippen molar-refractivity contribution in [3.05, 3.63) is 0 Å². The van der Waals surface area contributed by atoms with E-state index in [1.807, 2.05) is 0 Å². The van der Waals surface area contributed by atoms with Gasteiger partial charge in [-0.15, -0.1) is 0 Å². The Bertz CT molecular complexity index is 128. The molecule has 0 aliphatic carbocycles. The average molecular weight is 231 g/mol. The molecule has 0 aromatic carbocycles. The summed E-state index contributed by atoms with van der Waals surface area (Å²) in [6.45, 7) is 11.8. The van der Waals surface area contributed by atoms with Crippen LogP contribution in [0.3, 0.4) is 0 Å². The molecule has 0 heterocycles. The first-order valence-corrected chi connectivity index (χ1v) is 6.61. The van der Waals surface area contributed by atoms with Gasteiger partial charge in [0.15, 0.2) is 0 Å². The Labute approximate surface area is 101 Å². The highest BCUT2D eigenvalue weighted by Gasteiger charge is 2.08. The predicted molar refractivity (Wildman–Crippen MR) is 68.4 cm³/mol. The summed E-state index contributed by atoms with van der Waals surface area (Å²) in [5, 5.41) is 0. The van der Waals surface area contributed by atoms with Crippen LogP contribution in [0.2, 0.25) is 0 Å². The van der Waals surface area contributed by atoms with Crippen molar-refractivity contribution in [2.24, 2.45) is 0 Å². The molecule has 98 valence electrons. The molecule has 0 rings (SSSR count). The second-order valence-corrected chi connectivity index (χ2v) is 4.46. The Morgan fingerprint density at radius 1 is 0.875 bits per heavy atom. The molecule has 0 bridgehead atoms. The van der Waals surface area contributed by atoms with Crippen LogP contribution in [0.15, 0.2) is 0 Å². The molecule has 0 saturated heterocycles. The van der Waals surface area contributed by atoms with E-state index in [0.717, 1.165) is 26.1 Å². The highest BCUT2D eigenvalue weighted by molar-refractivity contribution is 4.54. The summed E-state index contributed by atoms with van der Waals surface area (Å²) in [4.78, 5) is 2.21.